The first-order chi connectivity index (χ1) is 12.0. The highest BCUT2D eigenvalue weighted by atomic mass is 16.6. The van der Waals surface area contributed by atoms with E-state index in [1.54, 1.807) is 30.3 Å². The van der Waals surface area contributed by atoms with Gasteiger partial charge in [0.2, 0.25) is 6.10 Å². The summed E-state index contributed by atoms with van der Waals surface area (Å²) < 4.78 is 5.39. The molecular formula is C18H16N2O5. The van der Waals surface area contributed by atoms with Gasteiger partial charge in [0.15, 0.2) is 0 Å². The fraction of sp³-hybridized carbons (Fsp3) is 0.222. The van der Waals surface area contributed by atoms with Crippen LogP contribution in [0, 0.1) is 10.1 Å². The average Bonchev–Trinajstić information content (AvgIpc) is 3.44. The topological polar surface area (TPSA) is 98.5 Å². The molecule has 7 nitrogen and oxygen atoms in total. The van der Waals surface area contributed by atoms with Crippen molar-refractivity contribution in [2.75, 3.05) is 0 Å². The van der Waals surface area contributed by atoms with Crippen molar-refractivity contribution in [3.8, 4) is 0 Å². The van der Waals surface area contributed by atoms with Crippen LogP contribution in [-0.4, -0.2) is 22.8 Å². The second kappa shape index (κ2) is 7.12. The third-order valence-electron chi connectivity index (χ3n) is 3.80. The smallest absolute Gasteiger partial charge is 0.339 e. The van der Waals surface area contributed by atoms with Crippen LogP contribution in [0.3, 0.4) is 0 Å². The number of hydrogen-bond acceptors (Lipinski definition) is 5. The largest absolute Gasteiger partial charge is 0.444 e. The molecule has 1 aliphatic carbocycles. The second-order valence-corrected chi connectivity index (χ2v) is 5.78. The van der Waals surface area contributed by atoms with Gasteiger partial charge in [0.05, 0.1) is 10.5 Å². The first-order valence-electron chi connectivity index (χ1n) is 7.85. The Morgan fingerprint density at radius 2 is 1.72 bits per heavy atom. The maximum Gasteiger partial charge on any atom is 0.339 e. The lowest BCUT2D eigenvalue weighted by atomic mass is 10.1. The number of carbonyl (C=O) groups excluding carboxylic acids is 2. The van der Waals surface area contributed by atoms with Crippen LogP contribution >= 0.6 is 0 Å². The molecule has 7 heteroatoms. The van der Waals surface area contributed by atoms with E-state index in [9.17, 15) is 19.7 Å². The Hall–Kier alpha value is -3.22. The van der Waals surface area contributed by atoms with Gasteiger partial charge in [0.1, 0.15) is 0 Å². The molecule has 1 fully saturated rings. The van der Waals surface area contributed by atoms with Crippen LogP contribution in [-0.2, 0) is 9.53 Å². The molecule has 0 unspecified atom stereocenters. The SMILES string of the molecule is O=C(O[C@H](C(=O)NC1CC1)c1ccccc1)c1ccc([N+](=O)[O-])cc1. The Bertz CT molecular complexity index is 785. The number of benzene rings is 2. The van der Waals surface area contributed by atoms with Gasteiger partial charge >= 0.3 is 5.97 Å². The van der Waals surface area contributed by atoms with Gasteiger partial charge in [0.25, 0.3) is 11.6 Å². The Kier molecular flexibility index (Phi) is 4.74. The summed E-state index contributed by atoms with van der Waals surface area (Å²) in [5, 5.41) is 13.5. The van der Waals surface area contributed by atoms with E-state index in [1.165, 1.54) is 24.3 Å². The standard InChI is InChI=1S/C18H16N2O5/c21-17(19-14-8-9-14)16(12-4-2-1-3-5-12)25-18(22)13-6-10-15(11-7-13)20(23)24/h1-7,10-11,14,16H,8-9H2,(H,19,21)/t16-/m0/s1. The fourth-order valence-electron chi connectivity index (χ4n) is 2.30. The average molecular weight is 340 g/mol. The van der Waals surface area contributed by atoms with Gasteiger partial charge in [-0.1, -0.05) is 30.3 Å². The van der Waals surface area contributed by atoms with Crippen molar-refractivity contribution in [1.82, 2.24) is 5.32 Å². The molecule has 1 N–H and O–H groups in total. The van der Waals surface area contributed by atoms with E-state index < -0.39 is 17.0 Å². The molecule has 1 saturated carbocycles. The van der Waals surface area contributed by atoms with Crippen molar-refractivity contribution in [2.45, 2.75) is 25.0 Å². The van der Waals surface area contributed by atoms with Crippen molar-refractivity contribution in [1.29, 1.82) is 0 Å². The van der Waals surface area contributed by atoms with Crippen molar-refractivity contribution >= 4 is 17.6 Å². The molecule has 128 valence electrons. The predicted octanol–water partition coefficient (Wildman–Crippen LogP) is 2.77. The van der Waals surface area contributed by atoms with E-state index in [4.69, 9.17) is 4.74 Å². The Morgan fingerprint density at radius 1 is 1.08 bits per heavy atom. The van der Waals surface area contributed by atoms with Gasteiger partial charge in [-0.25, -0.2) is 4.79 Å². The molecule has 0 aromatic heterocycles. The van der Waals surface area contributed by atoms with Gasteiger partial charge in [-0.05, 0) is 25.0 Å². The number of hydrogen-bond donors (Lipinski definition) is 1. The lowest BCUT2D eigenvalue weighted by Crippen LogP contribution is -2.33. The van der Waals surface area contributed by atoms with Crippen LogP contribution in [0.25, 0.3) is 0 Å². The molecule has 0 aliphatic heterocycles. The molecule has 1 amide bonds. The van der Waals surface area contributed by atoms with Crippen molar-refractivity contribution in [2.24, 2.45) is 0 Å². The van der Waals surface area contributed by atoms with Crippen molar-refractivity contribution in [3.63, 3.8) is 0 Å². The molecule has 0 spiro atoms. The van der Waals surface area contributed by atoms with Crippen LogP contribution in [0.2, 0.25) is 0 Å². The van der Waals surface area contributed by atoms with E-state index in [2.05, 4.69) is 5.32 Å². The number of nitrogens with zero attached hydrogens (tertiary/aromatic N) is 1. The number of ether oxygens (including phenoxy) is 1. The molecule has 2 aromatic carbocycles. The number of non-ortho nitro benzene ring substituents is 1. The van der Waals surface area contributed by atoms with Gasteiger partial charge in [-0.2, -0.15) is 0 Å². The number of esters is 1. The molecule has 0 heterocycles. The zero-order valence-electron chi connectivity index (χ0n) is 13.3. The van der Waals surface area contributed by atoms with Gasteiger partial charge < -0.3 is 10.1 Å². The summed E-state index contributed by atoms with van der Waals surface area (Å²) in [4.78, 5) is 34.9. The Labute approximate surface area is 143 Å². The van der Waals surface area contributed by atoms with E-state index in [-0.39, 0.29) is 23.2 Å². The Morgan fingerprint density at radius 3 is 2.28 bits per heavy atom. The van der Waals surface area contributed by atoms with Gasteiger partial charge in [-0.15, -0.1) is 0 Å². The van der Waals surface area contributed by atoms with E-state index in [0.29, 0.717) is 5.56 Å². The molecule has 1 atom stereocenters. The summed E-state index contributed by atoms with van der Waals surface area (Å²) in [6, 6.07) is 13.9. The summed E-state index contributed by atoms with van der Waals surface area (Å²) >= 11 is 0. The number of nitro groups is 1. The Balaban J connectivity index is 1.77. The van der Waals surface area contributed by atoms with E-state index in [1.807, 2.05) is 0 Å². The van der Waals surface area contributed by atoms with Gasteiger partial charge in [0, 0.05) is 23.7 Å². The number of amides is 1. The highest BCUT2D eigenvalue weighted by Gasteiger charge is 2.31. The molecule has 0 saturated heterocycles. The minimum atomic E-state index is -1.07. The number of nitro benzene ring substituents is 1. The number of nitrogens with one attached hydrogen (secondary N) is 1. The highest BCUT2D eigenvalue weighted by Crippen LogP contribution is 2.24. The molecular weight excluding hydrogens is 324 g/mol. The van der Waals surface area contributed by atoms with E-state index in [0.717, 1.165) is 12.8 Å². The quantitative estimate of drug-likeness (QED) is 0.495. The molecule has 1 aliphatic rings. The first kappa shape index (κ1) is 16.6. The highest BCUT2D eigenvalue weighted by molar-refractivity contribution is 5.93. The minimum absolute atomic E-state index is 0.123. The zero-order valence-corrected chi connectivity index (χ0v) is 13.3. The molecule has 25 heavy (non-hydrogen) atoms. The monoisotopic (exact) mass is 340 g/mol. The normalized spacial score (nSPS) is 14.4. The summed E-state index contributed by atoms with van der Waals surface area (Å²) in [5.74, 6) is -1.08. The van der Waals surface area contributed by atoms with Crippen LogP contribution < -0.4 is 5.32 Å². The summed E-state index contributed by atoms with van der Waals surface area (Å²) in [7, 11) is 0. The van der Waals surface area contributed by atoms with Crippen molar-refractivity contribution in [3.05, 3.63) is 75.8 Å². The zero-order chi connectivity index (χ0) is 17.8. The van der Waals surface area contributed by atoms with Crippen LogP contribution in [0.15, 0.2) is 54.6 Å². The molecule has 2 aromatic rings. The predicted molar refractivity (Wildman–Crippen MR) is 88.9 cm³/mol. The maximum atomic E-state index is 12.4. The third kappa shape index (κ3) is 4.20. The fourth-order valence-corrected chi connectivity index (χ4v) is 2.30. The van der Waals surface area contributed by atoms with Crippen LogP contribution in [0.5, 0.6) is 0 Å². The lowest BCUT2D eigenvalue weighted by molar-refractivity contribution is -0.384. The lowest BCUT2D eigenvalue weighted by Gasteiger charge is -2.18. The second-order valence-electron chi connectivity index (χ2n) is 5.78. The van der Waals surface area contributed by atoms with E-state index >= 15 is 0 Å². The van der Waals surface area contributed by atoms with Crippen LogP contribution in [0.1, 0.15) is 34.9 Å². The summed E-state index contributed by atoms with van der Waals surface area (Å²) in [6.45, 7) is 0. The van der Waals surface area contributed by atoms with Crippen molar-refractivity contribution < 1.29 is 19.2 Å². The molecule has 0 radical (unpaired) electrons. The summed E-state index contributed by atoms with van der Waals surface area (Å²) in [6.07, 6.45) is 0.775. The number of carbonyl (C=O) groups is 2. The minimum Gasteiger partial charge on any atom is -0.444 e. The molecule has 3 rings (SSSR count). The first-order valence-corrected chi connectivity index (χ1v) is 7.85. The summed E-state index contributed by atoms with van der Waals surface area (Å²) in [5.41, 5.74) is 0.587. The van der Waals surface area contributed by atoms with Crippen LogP contribution in [0.4, 0.5) is 5.69 Å². The third-order valence-corrected chi connectivity index (χ3v) is 3.80. The molecule has 0 bridgehead atoms. The maximum absolute atomic E-state index is 12.4. The van der Waals surface area contributed by atoms with Gasteiger partial charge in [-0.3, -0.25) is 14.9 Å². The number of rotatable bonds is 6.